The quantitative estimate of drug-likeness (QED) is 0.723. The van der Waals surface area contributed by atoms with Crippen LogP contribution < -0.4 is 5.32 Å². The molecule has 0 bridgehead atoms. The monoisotopic (exact) mass is 417 g/mol. The van der Waals surface area contributed by atoms with Gasteiger partial charge >= 0.3 is 5.97 Å². The molecule has 0 atom stereocenters. The highest BCUT2D eigenvalue weighted by Gasteiger charge is 2.26. The predicted molar refractivity (Wildman–Crippen MR) is 96.6 cm³/mol. The van der Waals surface area contributed by atoms with Gasteiger partial charge in [0.05, 0.1) is 18.7 Å². The Morgan fingerprint density at radius 1 is 1.33 bits per heavy atom. The van der Waals surface area contributed by atoms with E-state index >= 15 is 0 Å². The van der Waals surface area contributed by atoms with Gasteiger partial charge in [-0.25, -0.2) is 17.6 Å². The van der Waals surface area contributed by atoms with E-state index in [0.29, 0.717) is 0 Å². The van der Waals surface area contributed by atoms with Crippen LogP contribution in [0.4, 0.5) is 10.1 Å². The highest BCUT2D eigenvalue weighted by Crippen LogP contribution is 2.20. The number of benzene rings is 1. The smallest absolute Gasteiger partial charge is 0.354 e. The Hall–Kier alpha value is -2.43. The number of carbonyl (C=O) groups excluding carboxylic acids is 2. The molecule has 2 aromatic rings. The summed E-state index contributed by atoms with van der Waals surface area (Å²) in [7, 11) is -0.129. The van der Waals surface area contributed by atoms with Gasteiger partial charge in [0.25, 0.3) is 0 Å². The molecule has 2 rings (SSSR count). The Morgan fingerprint density at radius 2 is 2.00 bits per heavy atom. The van der Waals surface area contributed by atoms with Crippen molar-refractivity contribution in [3.63, 3.8) is 0 Å². The summed E-state index contributed by atoms with van der Waals surface area (Å²) < 4.78 is 45.1. The molecule has 0 saturated heterocycles. The highest BCUT2D eigenvalue weighted by atomic mass is 35.5. The minimum atomic E-state index is -4.03. The Labute approximate surface area is 160 Å². The van der Waals surface area contributed by atoms with Crippen molar-refractivity contribution < 1.29 is 27.1 Å². The second kappa shape index (κ2) is 8.07. The fourth-order valence-electron chi connectivity index (χ4n) is 2.22. The molecular formula is C16H17ClFN3O5S. The third kappa shape index (κ3) is 4.65. The maximum absolute atomic E-state index is 13.1. The Balaban J connectivity index is 2.13. The van der Waals surface area contributed by atoms with Crippen molar-refractivity contribution in [3.8, 4) is 0 Å². The number of methoxy groups -OCH3 is 1. The first-order valence-corrected chi connectivity index (χ1v) is 9.34. The molecule has 0 aliphatic heterocycles. The summed E-state index contributed by atoms with van der Waals surface area (Å²) in [5.74, 6) is -1.97. The zero-order chi connectivity index (χ0) is 20.4. The van der Waals surface area contributed by atoms with Crippen LogP contribution in [0.15, 0.2) is 35.4 Å². The first-order chi connectivity index (χ1) is 12.6. The Bertz CT molecular complexity index is 990. The SMILES string of the molecule is COC(=O)c1cc(S(=O)(=O)N(C)CC(=O)Nc2ccc(F)c(Cl)c2)cn1C. The van der Waals surface area contributed by atoms with E-state index in [-0.39, 0.29) is 21.3 Å². The van der Waals surface area contributed by atoms with E-state index in [1.165, 1.54) is 44.1 Å². The van der Waals surface area contributed by atoms with Gasteiger partial charge in [-0.3, -0.25) is 4.79 Å². The maximum Gasteiger partial charge on any atom is 0.354 e. The van der Waals surface area contributed by atoms with Crippen molar-refractivity contribution in [2.24, 2.45) is 7.05 Å². The van der Waals surface area contributed by atoms with Gasteiger partial charge in [-0.15, -0.1) is 0 Å². The number of hydrogen-bond acceptors (Lipinski definition) is 5. The molecule has 0 aliphatic rings. The fraction of sp³-hybridized carbons (Fsp3) is 0.250. The van der Waals surface area contributed by atoms with E-state index < -0.39 is 34.3 Å². The van der Waals surface area contributed by atoms with Gasteiger partial charge in [0.1, 0.15) is 16.4 Å². The Morgan fingerprint density at radius 3 is 2.59 bits per heavy atom. The topological polar surface area (TPSA) is 97.7 Å². The van der Waals surface area contributed by atoms with Gasteiger partial charge in [0.15, 0.2) is 0 Å². The second-order valence-electron chi connectivity index (χ2n) is 5.60. The average molecular weight is 418 g/mol. The van der Waals surface area contributed by atoms with Crippen LogP contribution >= 0.6 is 11.6 Å². The van der Waals surface area contributed by atoms with Crippen molar-refractivity contribution in [3.05, 3.63) is 47.0 Å². The van der Waals surface area contributed by atoms with Crippen molar-refractivity contribution >= 4 is 39.2 Å². The molecule has 27 heavy (non-hydrogen) atoms. The zero-order valence-corrected chi connectivity index (χ0v) is 16.3. The lowest BCUT2D eigenvalue weighted by atomic mass is 10.3. The van der Waals surface area contributed by atoms with Gasteiger partial charge in [-0.2, -0.15) is 4.31 Å². The van der Waals surface area contributed by atoms with Crippen LogP contribution in [0, 0.1) is 5.82 Å². The fourth-order valence-corrected chi connectivity index (χ4v) is 3.60. The number of amides is 1. The van der Waals surface area contributed by atoms with Crippen molar-refractivity contribution in [2.75, 3.05) is 26.0 Å². The normalized spacial score (nSPS) is 11.5. The molecule has 0 radical (unpaired) electrons. The van der Waals surface area contributed by atoms with Crippen LogP contribution in [-0.4, -0.2) is 49.9 Å². The highest BCUT2D eigenvalue weighted by molar-refractivity contribution is 7.89. The third-order valence-corrected chi connectivity index (χ3v) is 5.71. The largest absolute Gasteiger partial charge is 0.464 e. The summed E-state index contributed by atoms with van der Waals surface area (Å²) in [5.41, 5.74) is 0.278. The van der Waals surface area contributed by atoms with Crippen LogP contribution in [0.25, 0.3) is 0 Å². The zero-order valence-electron chi connectivity index (χ0n) is 14.7. The molecule has 8 nitrogen and oxygen atoms in total. The van der Waals surface area contributed by atoms with Gasteiger partial charge in [-0.1, -0.05) is 11.6 Å². The number of likely N-dealkylation sites (N-methyl/N-ethyl adjacent to an activating group) is 1. The van der Waals surface area contributed by atoms with Crippen LogP contribution in [0.2, 0.25) is 5.02 Å². The van der Waals surface area contributed by atoms with E-state index in [2.05, 4.69) is 10.1 Å². The second-order valence-corrected chi connectivity index (χ2v) is 8.05. The molecule has 1 N–H and O–H groups in total. The summed E-state index contributed by atoms with van der Waals surface area (Å²) in [6.45, 7) is -0.500. The number of ether oxygens (including phenoxy) is 1. The minimum Gasteiger partial charge on any atom is -0.464 e. The van der Waals surface area contributed by atoms with Crippen LogP contribution in [0.3, 0.4) is 0 Å². The molecule has 1 aromatic carbocycles. The van der Waals surface area contributed by atoms with E-state index in [9.17, 15) is 22.4 Å². The molecule has 0 fully saturated rings. The van der Waals surface area contributed by atoms with Gasteiger partial charge in [0.2, 0.25) is 15.9 Å². The summed E-state index contributed by atoms with van der Waals surface area (Å²) >= 11 is 5.64. The number of nitrogens with one attached hydrogen (secondary N) is 1. The molecule has 0 saturated carbocycles. The average Bonchev–Trinajstić information content (AvgIpc) is 3.00. The number of aromatic nitrogens is 1. The van der Waals surface area contributed by atoms with Crippen molar-refractivity contribution in [2.45, 2.75) is 4.90 Å². The number of esters is 1. The molecule has 1 aromatic heterocycles. The Kier molecular flexibility index (Phi) is 6.24. The number of nitrogens with zero attached hydrogens (tertiary/aromatic N) is 2. The van der Waals surface area contributed by atoms with E-state index in [1.54, 1.807) is 0 Å². The third-order valence-electron chi connectivity index (χ3n) is 3.65. The van der Waals surface area contributed by atoms with Crippen molar-refractivity contribution in [1.82, 2.24) is 8.87 Å². The van der Waals surface area contributed by atoms with E-state index in [4.69, 9.17) is 11.6 Å². The molecule has 1 amide bonds. The molecule has 11 heteroatoms. The van der Waals surface area contributed by atoms with Gasteiger partial charge < -0.3 is 14.6 Å². The summed E-state index contributed by atoms with van der Waals surface area (Å²) in [5, 5.41) is 2.26. The number of hydrogen-bond donors (Lipinski definition) is 1. The molecule has 0 unspecified atom stereocenters. The lowest BCUT2D eigenvalue weighted by Gasteiger charge is -2.16. The maximum atomic E-state index is 13.1. The standard InChI is InChI=1S/C16H17ClFN3O5S/c1-20-8-11(7-14(20)16(23)26-3)27(24,25)21(2)9-15(22)19-10-4-5-13(18)12(17)6-10/h4-8H,9H2,1-3H3,(H,19,22). The van der Waals surface area contributed by atoms with Gasteiger partial charge in [0, 0.05) is 26.0 Å². The van der Waals surface area contributed by atoms with E-state index in [0.717, 1.165) is 16.4 Å². The summed E-state index contributed by atoms with van der Waals surface area (Å²) in [6, 6.07) is 4.75. The molecule has 146 valence electrons. The number of halogens is 2. The number of carbonyl (C=O) groups is 2. The number of aryl methyl sites for hydroxylation is 1. The summed E-state index contributed by atoms with van der Waals surface area (Å²) in [6.07, 6.45) is 1.25. The first-order valence-electron chi connectivity index (χ1n) is 7.52. The van der Waals surface area contributed by atoms with Crippen LogP contribution in [0.5, 0.6) is 0 Å². The lowest BCUT2D eigenvalue weighted by molar-refractivity contribution is -0.116. The van der Waals surface area contributed by atoms with E-state index in [1.807, 2.05) is 0 Å². The van der Waals surface area contributed by atoms with Crippen molar-refractivity contribution in [1.29, 1.82) is 0 Å². The molecule has 0 aliphatic carbocycles. The summed E-state index contributed by atoms with van der Waals surface area (Å²) in [4.78, 5) is 23.6. The number of sulfonamides is 1. The van der Waals surface area contributed by atoms with Crippen LogP contribution in [0.1, 0.15) is 10.5 Å². The number of anilines is 1. The minimum absolute atomic E-state index is 0.0508. The lowest BCUT2D eigenvalue weighted by Crippen LogP contribution is -2.34. The van der Waals surface area contributed by atoms with Gasteiger partial charge in [-0.05, 0) is 24.3 Å². The molecule has 1 heterocycles. The molecular weight excluding hydrogens is 401 g/mol. The predicted octanol–water partition coefficient (Wildman–Crippen LogP) is 1.86. The molecule has 0 spiro atoms. The first kappa shape index (κ1) is 20.9. The number of rotatable bonds is 6. The van der Waals surface area contributed by atoms with Crippen LogP contribution in [-0.2, 0) is 26.6 Å².